The summed E-state index contributed by atoms with van der Waals surface area (Å²) < 4.78 is 5.36. The Morgan fingerprint density at radius 1 is 1.30 bits per heavy atom. The Bertz CT molecular complexity index is 585. The predicted octanol–water partition coefficient (Wildman–Crippen LogP) is 2.43. The first-order valence-corrected chi connectivity index (χ1v) is 7.29. The van der Waals surface area contributed by atoms with Crippen LogP contribution < -0.4 is 5.32 Å². The van der Waals surface area contributed by atoms with Gasteiger partial charge < -0.3 is 9.84 Å². The molecule has 4 nitrogen and oxygen atoms in total. The normalized spacial score (nSPS) is 18.6. The Hall–Kier alpha value is -1.68. The Morgan fingerprint density at radius 2 is 2.20 bits per heavy atom. The van der Waals surface area contributed by atoms with Gasteiger partial charge in [-0.25, -0.2) is 0 Å². The lowest BCUT2D eigenvalue weighted by Gasteiger charge is -2.03. The maximum absolute atomic E-state index is 5.36. The van der Waals surface area contributed by atoms with Crippen LogP contribution in [0.2, 0.25) is 0 Å². The summed E-state index contributed by atoms with van der Waals surface area (Å²) >= 11 is 0. The molecule has 1 aliphatic rings. The van der Waals surface area contributed by atoms with E-state index >= 15 is 0 Å². The molecular weight excluding hydrogens is 250 g/mol. The SMILES string of the molecule is Cc1ccc(Cc2noc(CC3CCNC3)n2)cc1C. The van der Waals surface area contributed by atoms with E-state index in [9.17, 15) is 0 Å². The summed E-state index contributed by atoms with van der Waals surface area (Å²) in [6, 6.07) is 6.49. The third kappa shape index (κ3) is 3.07. The number of hydrogen-bond acceptors (Lipinski definition) is 4. The summed E-state index contributed by atoms with van der Waals surface area (Å²) in [5, 5.41) is 7.46. The number of aryl methyl sites for hydroxylation is 2. The van der Waals surface area contributed by atoms with E-state index in [1.54, 1.807) is 0 Å². The zero-order valence-corrected chi connectivity index (χ0v) is 12.1. The van der Waals surface area contributed by atoms with E-state index in [-0.39, 0.29) is 0 Å². The van der Waals surface area contributed by atoms with Gasteiger partial charge in [0.05, 0.1) is 0 Å². The topological polar surface area (TPSA) is 51.0 Å². The van der Waals surface area contributed by atoms with Crippen LogP contribution in [-0.4, -0.2) is 23.2 Å². The lowest BCUT2D eigenvalue weighted by molar-refractivity contribution is 0.354. The second-order valence-corrected chi connectivity index (χ2v) is 5.76. The molecule has 1 N–H and O–H groups in total. The summed E-state index contributed by atoms with van der Waals surface area (Å²) in [5.41, 5.74) is 3.86. The monoisotopic (exact) mass is 271 g/mol. The molecule has 0 saturated carbocycles. The standard InChI is InChI=1S/C16H21N3O/c1-11-3-4-13(7-12(11)2)8-15-18-16(20-19-15)9-14-5-6-17-10-14/h3-4,7,14,17H,5-6,8-10H2,1-2H3. The van der Waals surface area contributed by atoms with E-state index in [2.05, 4.69) is 47.5 Å². The summed E-state index contributed by atoms with van der Waals surface area (Å²) in [6.07, 6.45) is 2.84. The fourth-order valence-corrected chi connectivity index (χ4v) is 2.68. The second kappa shape index (κ2) is 5.75. The molecule has 0 amide bonds. The van der Waals surface area contributed by atoms with Gasteiger partial charge in [-0.05, 0) is 56.0 Å². The Kier molecular flexibility index (Phi) is 3.83. The van der Waals surface area contributed by atoms with Crippen LogP contribution >= 0.6 is 0 Å². The highest BCUT2D eigenvalue weighted by atomic mass is 16.5. The minimum Gasteiger partial charge on any atom is -0.339 e. The zero-order chi connectivity index (χ0) is 13.9. The van der Waals surface area contributed by atoms with Gasteiger partial charge in [-0.3, -0.25) is 0 Å². The number of nitrogens with one attached hydrogen (secondary N) is 1. The van der Waals surface area contributed by atoms with Crippen molar-refractivity contribution in [2.75, 3.05) is 13.1 Å². The molecule has 1 aliphatic heterocycles. The van der Waals surface area contributed by atoms with E-state index in [4.69, 9.17) is 4.52 Å². The average Bonchev–Trinajstić information content (AvgIpc) is 3.07. The van der Waals surface area contributed by atoms with Crippen LogP contribution in [0.25, 0.3) is 0 Å². The van der Waals surface area contributed by atoms with Gasteiger partial charge in [0, 0.05) is 12.8 Å². The van der Waals surface area contributed by atoms with Crippen LogP contribution in [0.15, 0.2) is 22.7 Å². The van der Waals surface area contributed by atoms with Gasteiger partial charge in [-0.1, -0.05) is 23.4 Å². The molecule has 1 aromatic carbocycles. The summed E-state index contributed by atoms with van der Waals surface area (Å²) in [6.45, 7) is 6.43. The van der Waals surface area contributed by atoms with Crippen molar-refractivity contribution in [3.05, 3.63) is 46.6 Å². The molecule has 20 heavy (non-hydrogen) atoms. The average molecular weight is 271 g/mol. The van der Waals surface area contributed by atoms with Crippen molar-refractivity contribution in [1.29, 1.82) is 0 Å². The summed E-state index contributed by atoms with van der Waals surface area (Å²) in [7, 11) is 0. The fourth-order valence-electron chi connectivity index (χ4n) is 2.68. The molecule has 1 fully saturated rings. The van der Waals surface area contributed by atoms with Crippen molar-refractivity contribution < 1.29 is 4.52 Å². The third-order valence-electron chi connectivity index (χ3n) is 4.07. The molecule has 1 aromatic heterocycles. The first-order chi connectivity index (χ1) is 9.70. The van der Waals surface area contributed by atoms with Crippen LogP contribution in [0.3, 0.4) is 0 Å². The minimum atomic E-state index is 0.643. The van der Waals surface area contributed by atoms with Crippen molar-refractivity contribution in [3.63, 3.8) is 0 Å². The quantitative estimate of drug-likeness (QED) is 0.928. The zero-order valence-electron chi connectivity index (χ0n) is 12.1. The van der Waals surface area contributed by atoms with E-state index in [0.717, 1.165) is 37.6 Å². The van der Waals surface area contributed by atoms with E-state index in [1.807, 2.05) is 0 Å². The van der Waals surface area contributed by atoms with Crippen molar-refractivity contribution in [2.24, 2.45) is 5.92 Å². The van der Waals surface area contributed by atoms with Crippen LogP contribution in [0.4, 0.5) is 0 Å². The van der Waals surface area contributed by atoms with Gasteiger partial charge in [0.15, 0.2) is 5.82 Å². The first-order valence-electron chi connectivity index (χ1n) is 7.29. The minimum absolute atomic E-state index is 0.643. The Labute approximate surface area is 119 Å². The predicted molar refractivity (Wildman–Crippen MR) is 77.7 cm³/mol. The van der Waals surface area contributed by atoms with E-state index < -0.39 is 0 Å². The molecule has 2 heterocycles. The molecule has 1 atom stereocenters. The summed E-state index contributed by atoms with van der Waals surface area (Å²) in [5.74, 6) is 2.21. The molecule has 3 rings (SSSR count). The van der Waals surface area contributed by atoms with Crippen molar-refractivity contribution >= 4 is 0 Å². The molecule has 0 aliphatic carbocycles. The number of nitrogens with zero attached hydrogens (tertiary/aromatic N) is 2. The molecule has 106 valence electrons. The highest BCUT2D eigenvalue weighted by molar-refractivity contribution is 5.31. The van der Waals surface area contributed by atoms with Crippen LogP contribution in [0.1, 0.15) is 34.8 Å². The van der Waals surface area contributed by atoms with Gasteiger partial charge in [0.1, 0.15) is 0 Å². The molecule has 0 bridgehead atoms. The van der Waals surface area contributed by atoms with Crippen molar-refractivity contribution in [2.45, 2.75) is 33.1 Å². The maximum Gasteiger partial charge on any atom is 0.226 e. The van der Waals surface area contributed by atoms with Gasteiger partial charge in [-0.15, -0.1) is 0 Å². The van der Waals surface area contributed by atoms with Crippen LogP contribution in [0, 0.1) is 19.8 Å². The van der Waals surface area contributed by atoms with Gasteiger partial charge in [0.25, 0.3) is 0 Å². The molecule has 0 radical (unpaired) electrons. The second-order valence-electron chi connectivity index (χ2n) is 5.76. The lowest BCUT2D eigenvalue weighted by Crippen LogP contribution is -2.10. The molecule has 4 heteroatoms. The van der Waals surface area contributed by atoms with Crippen LogP contribution in [0.5, 0.6) is 0 Å². The fraction of sp³-hybridized carbons (Fsp3) is 0.500. The highest BCUT2D eigenvalue weighted by Gasteiger charge is 2.18. The van der Waals surface area contributed by atoms with Crippen molar-refractivity contribution in [3.8, 4) is 0 Å². The van der Waals surface area contributed by atoms with Gasteiger partial charge in [-0.2, -0.15) is 4.98 Å². The number of hydrogen-bond donors (Lipinski definition) is 1. The van der Waals surface area contributed by atoms with Gasteiger partial charge >= 0.3 is 0 Å². The smallest absolute Gasteiger partial charge is 0.226 e. The molecule has 2 aromatic rings. The number of aromatic nitrogens is 2. The van der Waals surface area contributed by atoms with Gasteiger partial charge in [0.2, 0.25) is 5.89 Å². The highest BCUT2D eigenvalue weighted by Crippen LogP contribution is 2.16. The summed E-state index contributed by atoms with van der Waals surface area (Å²) in [4.78, 5) is 4.52. The number of benzene rings is 1. The van der Waals surface area contributed by atoms with E-state index in [1.165, 1.54) is 23.1 Å². The Morgan fingerprint density at radius 3 is 2.95 bits per heavy atom. The lowest BCUT2D eigenvalue weighted by atomic mass is 10.0. The molecule has 0 spiro atoms. The van der Waals surface area contributed by atoms with E-state index in [0.29, 0.717) is 5.92 Å². The molecule has 1 saturated heterocycles. The first kappa shape index (κ1) is 13.3. The van der Waals surface area contributed by atoms with Crippen LogP contribution in [-0.2, 0) is 12.8 Å². The molecule has 1 unspecified atom stereocenters. The maximum atomic E-state index is 5.36. The number of rotatable bonds is 4. The van der Waals surface area contributed by atoms with Crippen molar-refractivity contribution in [1.82, 2.24) is 15.5 Å². The third-order valence-corrected chi connectivity index (χ3v) is 4.07. The Balaban J connectivity index is 1.65. The largest absolute Gasteiger partial charge is 0.339 e. The molecular formula is C16H21N3O.